The minimum Gasteiger partial charge on any atom is -0.506 e. The number of amides is 2. The van der Waals surface area contributed by atoms with E-state index in [-0.39, 0.29) is 11.3 Å². The quantitative estimate of drug-likeness (QED) is 0.180. The van der Waals surface area contributed by atoms with Crippen LogP contribution in [-0.4, -0.2) is 27.7 Å². The average Bonchev–Trinajstić information content (AvgIpc) is 3.61. The Morgan fingerprint density at radius 3 is 2.56 bits per heavy atom. The molecule has 4 aromatic carbocycles. The van der Waals surface area contributed by atoms with Crippen molar-refractivity contribution in [3.8, 4) is 16.3 Å². The Morgan fingerprint density at radius 1 is 0.977 bits per heavy atom. The first-order chi connectivity index (χ1) is 20.6. The standard InChI is InChI=1S/C31H22ClF2N5O2S2/c1-31(2)14-39(27-22(40)13-17(34)25(26(27)31)28-35-19-10-8-16(33)12-24(19)42-28)21-6-4-3-5-18(21)36-29(41)38-30-37-20-9-7-15(32)11-23(20)43-30/h3-13,40H,14H2,1-2H3,(H2,36,37,38,41). The number of urea groups is 1. The molecule has 0 saturated carbocycles. The van der Waals surface area contributed by atoms with Crippen LogP contribution in [0.1, 0.15) is 19.4 Å². The molecule has 6 aromatic rings. The lowest BCUT2D eigenvalue weighted by atomic mass is 9.83. The Hall–Kier alpha value is -4.32. The van der Waals surface area contributed by atoms with Crippen LogP contribution in [0.25, 0.3) is 31.0 Å². The SMILES string of the molecule is CC1(C)CN(c2ccccc2NC(=O)Nc2nc3ccc(Cl)cc3s2)c2c(O)cc(F)c(-c3nc4ccc(F)cc4s3)c21. The zero-order chi connectivity index (χ0) is 30.0. The topological polar surface area (TPSA) is 90.4 Å². The van der Waals surface area contributed by atoms with Crippen molar-refractivity contribution < 1.29 is 18.7 Å². The van der Waals surface area contributed by atoms with Gasteiger partial charge in [0.25, 0.3) is 0 Å². The summed E-state index contributed by atoms with van der Waals surface area (Å²) in [5.41, 5.74) is 3.01. The molecule has 0 spiro atoms. The first-order valence-corrected chi connectivity index (χ1v) is 15.2. The molecule has 0 aliphatic carbocycles. The van der Waals surface area contributed by atoms with Gasteiger partial charge in [-0.15, -0.1) is 11.3 Å². The number of anilines is 4. The fraction of sp³-hybridized carbons (Fsp3) is 0.129. The number of para-hydroxylation sites is 2. The maximum Gasteiger partial charge on any atom is 0.325 e. The molecule has 3 N–H and O–H groups in total. The van der Waals surface area contributed by atoms with Crippen LogP contribution in [0.4, 0.5) is 35.8 Å². The summed E-state index contributed by atoms with van der Waals surface area (Å²) in [6.07, 6.45) is 0. The summed E-state index contributed by atoms with van der Waals surface area (Å²) < 4.78 is 31.0. The highest BCUT2D eigenvalue weighted by Gasteiger charge is 2.42. The van der Waals surface area contributed by atoms with Gasteiger partial charge in [-0.2, -0.15) is 0 Å². The van der Waals surface area contributed by atoms with Gasteiger partial charge in [-0.05, 0) is 48.5 Å². The molecule has 0 unspecified atom stereocenters. The van der Waals surface area contributed by atoms with Crippen molar-refractivity contribution in [3.63, 3.8) is 0 Å². The van der Waals surface area contributed by atoms with Crippen molar-refractivity contribution in [1.29, 1.82) is 0 Å². The molecule has 1 aliphatic heterocycles. The van der Waals surface area contributed by atoms with E-state index in [1.54, 1.807) is 36.4 Å². The maximum atomic E-state index is 15.7. The Kier molecular flexibility index (Phi) is 6.49. The van der Waals surface area contributed by atoms with Crippen molar-refractivity contribution in [2.45, 2.75) is 19.3 Å². The van der Waals surface area contributed by atoms with E-state index >= 15 is 4.39 Å². The van der Waals surface area contributed by atoms with Crippen LogP contribution in [0.5, 0.6) is 5.75 Å². The number of hydrogen-bond acceptors (Lipinski definition) is 7. The fourth-order valence-corrected chi connectivity index (χ4v) is 7.73. The highest BCUT2D eigenvalue weighted by Crippen LogP contribution is 2.55. The molecule has 2 amide bonds. The van der Waals surface area contributed by atoms with Crippen molar-refractivity contribution >= 4 is 82.9 Å². The first-order valence-electron chi connectivity index (χ1n) is 13.2. The van der Waals surface area contributed by atoms with Crippen molar-refractivity contribution in [2.24, 2.45) is 0 Å². The number of phenols is 1. The zero-order valence-corrected chi connectivity index (χ0v) is 25.1. The van der Waals surface area contributed by atoms with Gasteiger partial charge in [0.1, 0.15) is 22.4 Å². The number of rotatable bonds is 4. The minimum absolute atomic E-state index is 0.235. The van der Waals surface area contributed by atoms with Gasteiger partial charge in [0.2, 0.25) is 0 Å². The number of hydrogen-bond donors (Lipinski definition) is 3. The van der Waals surface area contributed by atoms with Crippen molar-refractivity contribution in [3.05, 3.63) is 89.0 Å². The molecule has 12 heteroatoms. The predicted octanol–water partition coefficient (Wildman–Crippen LogP) is 9.28. The molecular weight excluding hydrogens is 612 g/mol. The van der Waals surface area contributed by atoms with Gasteiger partial charge in [-0.3, -0.25) is 5.32 Å². The summed E-state index contributed by atoms with van der Waals surface area (Å²) in [7, 11) is 0. The van der Waals surface area contributed by atoms with Gasteiger partial charge in [-0.25, -0.2) is 23.5 Å². The van der Waals surface area contributed by atoms with Crippen LogP contribution in [-0.2, 0) is 5.41 Å². The highest BCUT2D eigenvalue weighted by atomic mass is 35.5. The second-order valence-electron chi connectivity index (χ2n) is 10.8. The van der Waals surface area contributed by atoms with Crippen molar-refractivity contribution in [1.82, 2.24) is 9.97 Å². The van der Waals surface area contributed by atoms with Crippen LogP contribution in [0.2, 0.25) is 5.02 Å². The second kappa shape index (κ2) is 10.1. The molecule has 216 valence electrons. The number of carbonyl (C=O) groups excluding carboxylic acids is 1. The summed E-state index contributed by atoms with van der Waals surface area (Å²) in [4.78, 5) is 24.0. The van der Waals surface area contributed by atoms with Gasteiger partial charge in [0.05, 0.1) is 43.1 Å². The molecule has 0 bridgehead atoms. The third kappa shape index (κ3) is 4.83. The molecular formula is C31H22ClF2N5O2S2. The van der Waals surface area contributed by atoms with Crippen molar-refractivity contribution in [2.75, 3.05) is 22.1 Å². The van der Waals surface area contributed by atoms with Crippen LogP contribution >= 0.6 is 34.3 Å². The molecule has 0 saturated heterocycles. The van der Waals surface area contributed by atoms with Gasteiger partial charge < -0.3 is 15.3 Å². The molecule has 3 heterocycles. The van der Waals surface area contributed by atoms with E-state index in [4.69, 9.17) is 11.6 Å². The molecule has 0 fully saturated rings. The number of nitrogens with one attached hydrogen (secondary N) is 2. The van der Waals surface area contributed by atoms with E-state index in [2.05, 4.69) is 20.6 Å². The molecule has 0 radical (unpaired) electrons. The van der Waals surface area contributed by atoms with E-state index in [1.807, 2.05) is 30.9 Å². The number of carbonyl (C=O) groups is 1. The fourth-order valence-electron chi connectivity index (χ4n) is 5.55. The lowest BCUT2D eigenvalue weighted by Crippen LogP contribution is -2.27. The molecule has 2 aromatic heterocycles. The predicted molar refractivity (Wildman–Crippen MR) is 170 cm³/mol. The molecule has 0 atom stereocenters. The van der Waals surface area contributed by atoms with E-state index in [0.29, 0.717) is 54.5 Å². The second-order valence-corrected chi connectivity index (χ2v) is 13.3. The summed E-state index contributed by atoms with van der Waals surface area (Å²) in [6, 6.07) is 17.3. The van der Waals surface area contributed by atoms with Gasteiger partial charge in [-0.1, -0.05) is 48.9 Å². The van der Waals surface area contributed by atoms with Crippen LogP contribution in [0, 0.1) is 11.6 Å². The smallest absolute Gasteiger partial charge is 0.325 e. The first kappa shape index (κ1) is 27.5. The largest absolute Gasteiger partial charge is 0.506 e. The Morgan fingerprint density at radius 2 is 1.72 bits per heavy atom. The summed E-state index contributed by atoms with van der Waals surface area (Å²) in [5, 5.41) is 18.2. The summed E-state index contributed by atoms with van der Waals surface area (Å²) >= 11 is 8.58. The third-order valence-electron chi connectivity index (χ3n) is 7.31. The normalized spacial score (nSPS) is 13.9. The Balaban J connectivity index is 1.26. The molecule has 7 rings (SSSR count). The van der Waals surface area contributed by atoms with Gasteiger partial charge in [0, 0.05) is 28.6 Å². The minimum atomic E-state index is -0.634. The lowest BCUT2D eigenvalue weighted by molar-refractivity contribution is 0.262. The van der Waals surface area contributed by atoms with E-state index in [0.717, 1.165) is 16.3 Å². The van der Waals surface area contributed by atoms with Crippen LogP contribution in [0.15, 0.2) is 66.7 Å². The third-order valence-corrected chi connectivity index (χ3v) is 9.51. The van der Waals surface area contributed by atoms with E-state index in [1.165, 1.54) is 34.8 Å². The number of phenolic OH excluding ortho intramolecular Hbond substituents is 1. The number of aromatic nitrogens is 2. The molecule has 43 heavy (non-hydrogen) atoms. The molecule has 7 nitrogen and oxygen atoms in total. The van der Waals surface area contributed by atoms with Crippen LogP contribution < -0.4 is 15.5 Å². The number of aromatic hydroxyl groups is 1. The lowest BCUT2D eigenvalue weighted by Gasteiger charge is -2.25. The number of nitrogens with zero attached hydrogens (tertiary/aromatic N) is 3. The number of halogens is 3. The maximum absolute atomic E-state index is 15.7. The highest BCUT2D eigenvalue weighted by molar-refractivity contribution is 7.22. The Bertz CT molecular complexity index is 2090. The van der Waals surface area contributed by atoms with E-state index in [9.17, 15) is 14.3 Å². The summed E-state index contributed by atoms with van der Waals surface area (Å²) in [6.45, 7) is 4.30. The van der Waals surface area contributed by atoms with E-state index < -0.39 is 23.1 Å². The van der Waals surface area contributed by atoms with Gasteiger partial charge >= 0.3 is 6.03 Å². The summed E-state index contributed by atoms with van der Waals surface area (Å²) in [5.74, 6) is -1.25. The Labute approximate surface area is 257 Å². The monoisotopic (exact) mass is 633 g/mol. The number of benzene rings is 4. The average molecular weight is 634 g/mol. The van der Waals surface area contributed by atoms with Gasteiger partial charge in [0.15, 0.2) is 5.13 Å². The van der Waals surface area contributed by atoms with Crippen LogP contribution in [0.3, 0.4) is 0 Å². The number of fused-ring (bicyclic) bond motifs is 3. The number of thiazole rings is 2. The zero-order valence-electron chi connectivity index (χ0n) is 22.7. The molecule has 1 aliphatic rings.